The lowest BCUT2D eigenvalue weighted by molar-refractivity contribution is -0.137. The third kappa shape index (κ3) is 5.85. The van der Waals surface area contributed by atoms with Gasteiger partial charge >= 0.3 is 5.97 Å². The Bertz CT molecular complexity index is 1160. The van der Waals surface area contributed by atoms with Crippen LogP contribution in [0.1, 0.15) is 53.9 Å². The minimum atomic E-state index is -0.904. The highest BCUT2D eigenvalue weighted by Crippen LogP contribution is 2.47. The van der Waals surface area contributed by atoms with Gasteiger partial charge in [-0.15, -0.1) is 11.8 Å². The predicted octanol–water partition coefficient (Wildman–Crippen LogP) is 6.78. The van der Waals surface area contributed by atoms with E-state index in [1.54, 1.807) is 16.7 Å². The second-order valence-corrected chi connectivity index (χ2v) is 11.7. The first-order valence-corrected chi connectivity index (χ1v) is 14.3. The van der Waals surface area contributed by atoms with E-state index < -0.39 is 12.2 Å². The van der Waals surface area contributed by atoms with E-state index in [2.05, 4.69) is 62.2 Å². The Hall–Kier alpha value is -2.06. The quantitative estimate of drug-likeness (QED) is 0.291. The molecule has 35 heavy (non-hydrogen) atoms. The van der Waals surface area contributed by atoms with E-state index in [0.29, 0.717) is 16.2 Å². The molecule has 184 valence electrons. The van der Waals surface area contributed by atoms with Crippen LogP contribution in [0.15, 0.2) is 58.8 Å². The Morgan fingerprint density at radius 1 is 1.26 bits per heavy atom. The molecular formula is C28H31NO3S3. The lowest BCUT2D eigenvalue weighted by Gasteiger charge is -2.25. The largest absolute Gasteiger partial charge is 0.481 e. The molecule has 0 radical (unpaired) electrons. The maximum Gasteiger partial charge on any atom is 0.305 e. The monoisotopic (exact) mass is 525 g/mol. The second kappa shape index (κ2) is 11.3. The number of thiocarbonyl (C=S) groups is 1. The van der Waals surface area contributed by atoms with Gasteiger partial charge in [0.15, 0.2) is 6.23 Å². The Morgan fingerprint density at radius 2 is 2.00 bits per heavy atom. The normalized spacial score (nSPS) is 23.3. The minimum Gasteiger partial charge on any atom is -0.481 e. The molecule has 2 aromatic carbocycles. The number of rotatable bonds is 8. The number of allylic oxidation sites excluding steroid dienone is 1. The molecule has 2 aromatic rings. The summed E-state index contributed by atoms with van der Waals surface area (Å²) < 4.78 is 0.511. The summed E-state index contributed by atoms with van der Waals surface area (Å²) >= 11 is 8.47. The van der Waals surface area contributed by atoms with Crippen LogP contribution in [0, 0.1) is 12.8 Å². The van der Waals surface area contributed by atoms with Crippen LogP contribution < -0.4 is 0 Å². The molecule has 1 saturated carbocycles. The third-order valence-corrected chi connectivity index (χ3v) is 9.19. The molecule has 1 aliphatic heterocycles. The number of carbonyl (C=O) groups is 1. The van der Waals surface area contributed by atoms with E-state index in [1.807, 2.05) is 6.08 Å². The fraction of sp³-hybridized carbons (Fsp3) is 0.357. The summed E-state index contributed by atoms with van der Waals surface area (Å²) in [7, 11) is 0. The van der Waals surface area contributed by atoms with E-state index >= 15 is 0 Å². The molecule has 4 rings (SSSR count). The standard InChI is InChI=1S/C28H31NO3S3/c1-17-7-8-19(16-25-27(32)29(28(33)35-25)14-13-26(30)31)15-24(17)23-6-4-5-22(23)18(2)20-9-11-21(34-3)12-10-20/h7-12,15-16,22-23,27,32H,2,4-6,13-14H2,1,3H3,(H,30,31)/b25-16+. The van der Waals surface area contributed by atoms with E-state index in [0.717, 1.165) is 23.3 Å². The van der Waals surface area contributed by atoms with Crippen molar-refractivity contribution in [1.82, 2.24) is 4.90 Å². The number of aryl methyl sites for hydroxylation is 1. The number of carboxylic acids is 1. The summed E-state index contributed by atoms with van der Waals surface area (Å²) in [6, 6.07) is 15.2. The van der Waals surface area contributed by atoms with Gasteiger partial charge in [0.1, 0.15) is 4.32 Å². The van der Waals surface area contributed by atoms with Crippen molar-refractivity contribution >= 4 is 57.7 Å². The number of benzene rings is 2. The zero-order valence-electron chi connectivity index (χ0n) is 20.1. The number of aliphatic carboxylic acids is 1. The number of hydrogen-bond acceptors (Lipinski definition) is 5. The number of hydrogen-bond donors (Lipinski definition) is 2. The molecule has 3 unspecified atom stereocenters. The van der Waals surface area contributed by atoms with Crippen molar-refractivity contribution in [2.75, 3.05) is 12.8 Å². The van der Waals surface area contributed by atoms with Crippen molar-refractivity contribution in [3.8, 4) is 0 Å². The molecule has 3 atom stereocenters. The molecule has 1 aliphatic carbocycles. The molecule has 1 heterocycles. The third-order valence-electron chi connectivity index (χ3n) is 6.99. The summed E-state index contributed by atoms with van der Waals surface area (Å²) in [6.45, 7) is 6.88. The molecule has 0 aromatic heterocycles. The predicted molar refractivity (Wildman–Crippen MR) is 152 cm³/mol. The van der Waals surface area contributed by atoms with Gasteiger partial charge < -0.3 is 15.1 Å². The van der Waals surface area contributed by atoms with Crippen LogP contribution in [-0.2, 0) is 4.79 Å². The van der Waals surface area contributed by atoms with Crippen molar-refractivity contribution in [3.63, 3.8) is 0 Å². The van der Waals surface area contributed by atoms with Crippen molar-refractivity contribution in [1.29, 1.82) is 0 Å². The van der Waals surface area contributed by atoms with Crippen molar-refractivity contribution in [2.45, 2.75) is 49.6 Å². The Balaban J connectivity index is 1.56. The average Bonchev–Trinajstić information content (AvgIpc) is 3.43. The summed E-state index contributed by atoms with van der Waals surface area (Å²) in [5.74, 6) is -0.0869. The van der Waals surface area contributed by atoms with Gasteiger partial charge in [0, 0.05) is 16.3 Å². The van der Waals surface area contributed by atoms with Crippen LogP contribution in [0.4, 0.5) is 0 Å². The van der Waals surface area contributed by atoms with Crippen LogP contribution in [0.2, 0.25) is 0 Å². The molecule has 0 bridgehead atoms. The molecule has 0 spiro atoms. The van der Waals surface area contributed by atoms with E-state index in [9.17, 15) is 9.90 Å². The maximum atomic E-state index is 11.0. The van der Waals surface area contributed by atoms with Gasteiger partial charge in [0.25, 0.3) is 0 Å². The molecule has 4 nitrogen and oxygen atoms in total. The Morgan fingerprint density at radius 3 is 2.69 bits per heavy atom. The first-order valence-electron chi connectivity index (χ1n) is 11.8. The SMILES string of the molecule is C=C(c1ccc(SC)cc1)C1CCCC1c1cc(/C=C2/SC(=S)N(CCC(=O)O)C2O)ccc1C. The van der Waals surface area contributed by atoms with Crippen molar-refractivity contribution in [2.24, 2.45) is 5.92 Å². The van der Waals surface area contributed by atoms with Crippen LogP contribution in [0.25, 0.3) is 11.6 Å². The summed E-state index contributed by atoms with van der Waals surface area (Å²) in [4.78, 5) is 14.5. The molecular weight excluding hydrogens is 495 g/mol. The van der Waals surface area contributed by atoms with Crippen LogP contribution in [-0.4, -0.2) is 44.4 Å². The van der Waals surface area contributed by atoms with E-state index in [1.165, 1.54) is 45.3 Å². The van der Waals surface area contributed by atoms with E-state index in [-0.39, 0.29) is 13.0 Å². The fourth-order valence-corrected chi connectivity index (χ4v) is 6.91. The topological polar surface area (TPSA) is 60.8 Å². The summed E-state index contributed by atoms with van der Waals surface area (Å²) in [5, 5.41) is 19.7. The van der Waals surface area contributed by atoms with Crippen molar-refractivity contribution in [3.05, 3.63) is 76.2 Å². The Labute approximate surface area is 221 Å². The Kier molecular flexibility index (Phi) is 8.42. The summed E-state index contributed by atoms with van der Waals surface area (Å²) in [6.07, 6.45) is 6.56. The number of thioether (sulfide) groups is 2. The maximum absolute atomic E-state index is 11.0. The van der Waals surface area contributed by atoms with Gasteiger partial charge in [-0.05, 0) is 83.9 Å². The molecule has 2 N–H and O–H groups in total. The van der Waals surface area contributed by atoms with Gasteiger partial charge in [-0.3, -0.25) is 4.79 Å². The van der Waals surface area contributed by atoms with Crippen molar-refractivity contribution < 1.29 is 15.0 Å². The molecule has 1 saturated heterocycles. The van der Waals surface area contributed by atoms with E-state index in [4.69, 9.17) is 17.3 Å². The van der Waals surface area contributed by atoms with Gasteiger partial charge in [0.2, 0.25) is 0 Å². The van der Waals surface area contributed by atoms with Crippen LogP contribution in [0.5, 0.6) is 0 Å². The molecule has 2 aliphatic rings. The second-order valence-electron chi connectivity index (χ2n) is 9.14. The fourth-order valence-electron chi connectivity index (χ4n) is 5.08. The number of nitrogens with zero attached hydrogens (tertiary/aromatic N) is 1. The zero-order valence-corrected chi connectivity index (χ0v) is 22.5. The van der Waals surface area contributed by atoms with Gasteiger partial charge in [-0.1, -0.05) is 67.3 Å². The smallest absolute Gasteiger partial charge is 0.305 e. The average molecular weight is 526 g/mol. The van der Waals surface area contributed by atoms with Gasteiger partial charge in [0.05, 0.1) is 6.42 Å². The molecule has 0 amide bonds. The highest BCUT2D eigenvalue weighted by atomic mass is 32.2. The van der Waals surface area contributed by atoms with Crippen LogP contribution in [0.3, 0.4) is 0 Å². The highest BCUT2D eigenvalue weighted by molar-refractivity contribution is 8.25. The van der Waals surface area contributed by atoms with Gasteiger partial charge in [-0.25, -0.2) is 0 Å². The lowest BCUT2D eigenvalue weighted by Crippen LogP contribution is -2.34. The number of aliphatic hydroxyl groups is 1. The molecule has 2 fully saturated rings. The highest BCUT2D eigenvalue weighted by Gasteiger charge is 2.34. The first kappa shape index (κ1) is 26.0. The summed E-state index contributed by atoms with van der Waals surface area (Å²) in [5.41, 5.74) is 6.07. The number of aliphatic hydroxyl groups excluding tert-OH is 1. The number of carboxylic acid groups (broad SMARTS) is 1. The molecule has 7 heteroatoms. The van der Waals surface area contributed by atoms with Gasteiger partial charge in [-0.2, -0.15) is 0 Å². The zero-order chi connectivity index (χ0) is 25.1. The first-order chi connectivity index (χ1) is 16.8. The minimum absolute atomic E-state index is 0.0628. The van der Waals surface area contributed by atoms with Crippen LogP contribution >= 0.6 is 35.7 Å². The lowest BCUT2D eigenvalue weighted by atomic mass is 9.80.